The van der Waals surface area contributed by atoms with Gasteiger partial charge >= 0.3 is 0 Å². The van der Waals surface area contributed by atoms with Crippen LogP contribution in [0.25, 0.3) is 5.57 Å². The van der Waals surface area contributed by atoms with Gasteiger partial charge in [-0.05, 0) is 24.5 Å². The van der Waals surface area contributed by atoms with Crippen molar-refractivity contribution >= 4 is 17.3 Å². The predicted octanol–water partition coefficient (Wildman–Crippen LogP) is 3.37. The molecule has 0 saturated carbocycles. The average molecular weight is 337 g/mol. The second-order valence-corrected chi connectivity index (χ2v) is 5.85. The first-order valence-electron chi connectivity index (χ1n) is 8.54. The summed E-state index contributed by atoms with van der Waals surface area (Å²) in [4.78, 5) is 8.71. The smallest absolute Gasteiger partial charge is 0.225 e. The number of unbranched alkanes of at least 4 members (excludes halogenated alkanes) is 1. The molecule has 132 valence electrons. The van der Waals surface area contributed by atoms with E-state index in [4.69, 9.17) is 0 Å². The third-order valence-electron chi connectivity index (χ3n) is 3.59. The fourth-order valence-corrected chi connectivity index (χ4v) is 2.28. The molecule has 0 aliphatic heterocycles. The highest BCUT2D eigenvalue weighted by molar-refractivity contribution is 5.72. The Morgan fingerprint density at radius 3 is 2.68 bits per heavy atom. The molecule has 0 unspecified atom stereocenters. The lowest BCUT2D eigenvalue weighted by Crippen LogP contribution is -2.17. The quantitative estimate of drug-likeness (QED) is 0.417. The zero-order valence-corrected chi connectivity index (χ0v) is 14.9. The first-order chi connectivity index (χ1) is 12.1. The molecule has 5 heteroatoms. The molecule has 0 bridgehead atoms. The first kappa shape index (κ1) is 18.5. The second kappa shape index (κ2) is 9.47. The highest BCUT2D eigenvalue weighted by atomic mass is 16.3. The van der Waals surface area contributed by atoms with Crippen molar-refractivity contribution < 1.29 is 5.11 Å². The Bertz CT molecular complexity index is 726. The normalized spacial score (nSPS) is 11.2. The minimum atomic E-state index is -0.0700. The summed E-state index contributed by atoms with van der Waals surface area (Å²) in [6.07, 6.45) is 3.75. The number of rotatable bonds is 9. The standard InChI is InChI=1S/C20H26N4O/c1-4-5-11-21-19-13-16(3)23-20(24-19)22-14-18(25)12-15(2)17-9-7-6-8-10-17/h6-10,12-13,25H,2,4-5,11,14H2,1,3H3,(H2,21,22,23,24)/p-1/b18-12-. The summed E-state index contributed by atoms with van der Waals surface area (Å²) in [5, 5.41) is 18.4. The Morgan fingerprint density at radius 1 is 1.20 bits per heavy atom. The van der Waals surface area contributed by atoms with Gasteiger partial charge in [0.25, 0.3) is 0 Å². The lowest BCUT2D eigenvalue weighted by Gasteiger charge is -2.15. The molecule has 1 heterocycles. The second-order valence-electron chi connectivity index (χ2n) is 5.85. The minimum absolute atomic E-state index is 0.0700. The van der Waals surface area contributed by atoms with Crippen LogP contribution in [0.4, 0.5) is 11.8 Å². The van der Waals surface area contributed by atoms with E-state index in [2.05, 4.69) is 34.1 Å². The number of nitrogens with zero attached hydrogens (tertiary/aromatic N) is 2. The van der Waals surface area contributed by atoms with E-state index >= 15 is 0 Å². The van der Waals surface area contributed by atoms with E-state index in [0.717, 1.165) is 36.5 Å². The maximum Gasteiger partial charge on any atom is 0.225 e. The molecular formula is C20H25N4O-. The van der Waals surface area contributed by atoms with Crippen LogP contribution in [0.2, 0.25) is 0 Å². The number of aromatic nitrogens is 2. The van der Waals surface area contributed by atoms with Gasteiger partial charge in [-0.3, -0.25) is 0 Å². The summed E-state index contributed by atoms with van der Waals surface area (Å²) in [6, 6.07) is 11.5. The number of nitrogens with one attached hydrogen (secondary N) is 2. The maximum atomic E-state index is 12.1. The Kier molecular flexibility index (Phi) is 7.01. The van der Waals surface area contributed by atoms with Crippen LogP contribution in [-0.2, 0) is 0 Å². The van der Waals surface area contributed by atoms with Gasteiger partial charge in [0.2, 0.25) is 5.95 Å². The highest BCUT2D eigenvalue weighted by Crippen LogP contribution is 2.14. The van der Waals surface area contributed by atoms with Gasteiger partial charge in [-0.1, -0.05) is 56.3 Å². The van der Waals surface area contributed by atoms with Crippen molar-refractivity contribution in [3.8, 4) is 0 Å². The maximum absolute atomic E-state index is 12.1. The first-order valence-corrected chi connectivity index (χ1v) is 8.54. The molecule has 25 heavy (non-hydrogen) atoms. The zero-order valence-electron chi connectivity index (χ0n) is 14.9. The monoisotopic (exact) mass is 337 g/mol. The largest absolute Gasteiger partial charge is 0.874 e. The van der Waals surface area contributed by atoms with Crippen molar-refractivity contribution in [2.75, 3.05) is 23.7 Å². The van der Waals surface area contributed by atoms with E-state index < -0.39 is 0 Å². The third kappa shape index (κ3) is 6.30. The molecule has 1 aromatic carbocycles. The fourth-order valence-electron chi connectivity index (χ4n) is 2.28. The number of aryl methyl sites for hydroxylation is 1. The summed E-state index contributed by atoms with van der Waals surface area (Å²) in [7, 11) is 0. The van der Waals surface area contributed by atoms with Crippen LogP contribution in [-0.4, -0.2) is 23.1 Å². The molecular weight excluding hydrogens is 312 g/mol. The summed E-state index contributed by atoms with van der Waals surface area (Å²) in [5.74, 6) is 1.15. The molecule has 0 spiro atoms. The van der Waals surface area contributed by atoms with Crippen molar-refractivity contribution in [1.29, 1.82) is 0 Å². The third-order valence-corrected chi connectivity index (χ3v) is 3.59. The summed E-state index contributed by atoms with van der Waals surface area (Å²) >= 11 is 0. The van der Waals surface area contributed by atoms with Crippen LogP contribution in [0.1, 0.15) is 31.0 Å². The molecule has 0 aliphatic rings. The summed E-state index contributed by atoms with van der Waals surface area (Å²) < 4.78 is 0. The molecule has 0 atom stereocenters. The molecule has 0 aliphatic carbocycles. The molecule has 2 N–H and O–H groups in total. The number of hydrogen-bond acceptors (Lipinski definition) is 5. The number of hydrogen-bond donors (Lipinski definition) is 2. The SMILES string of the molecule is C=C(/C=C(\[O-])CNc1nc(C)cc(NCCCC)n1)c1ccccc1. The van der Waals surface area contributed by atoms with Crippen LogP contribution in [0.15, 0.2) is 54.8 Å². The van der Waals surface area contributed by atoms with Gasteiger partial charge in [0.1, 0.15) is 5.82 Å². The molecule has 0 radical (unpaired) electrons. The van der Waals surface area contributed by atoms with Crippen molar-refractivity contribution in [3.05, 3.63) is 66.1 Å². The van der Waals surface area contributed by atoms with Crippen LogP contribution in [0.5, 0.6) is 0 Å². The molecule has 2 aromatic rings. The minimum Gasteiger partial charge on any atom is -0.874 e. The van der Waals surface area contributed by atoms with Crippen molar-refractivity contribution in [1.82, 2.24) is 9.97 Å². The van der Waals surface area contributed by atoms with Crippen LogP contribution in [0, 0.1) is 6.92 Å². The Labute approximate surface area is 149 Å². The van der Waals surface area contributed by atoms with Crippen molar-refractivity contribution in [2.24, 2.45) is 0 Å². The van der Waals surface area contributed by atoms with Crippen LogP contribution >= 0.6 is 0 Å². The Morgan fingerprint density at radius 2 is 1.96 bits per heavy atom. The molecule has 0 saturated heterocycles. The molecule has 5 nitrogen and oxygen atoms in total. The van der Waals surface area contributed by atoms with Gasteiger partial charge in [-0.25, -0.2) is 4.98 Å². The van der Waals surface area contributed by atoms with Crippen molar-refractivity contribution in [3.63, 3.8) is 0 Å². The average Bonchev–Trinajstić information content (AvgIpc) is 2.60. The van der Waals surface area contributed by atoms with E-state index in [9.17, 15) is 5.11 Å². The van der Waals surface area contributed by atoms with Crippen LogP contribution in [0.3, 0.4) is 0 Å². The topological polar surface area (TPSA) is 72.9 Å². The zero-order chi connectivity index (χ0) is 18.1. The lowest BCUT2D eigenvalue weighted by molar-refractivity contribution is -0.302. The van der Waals surface area contributed by atoms with E-state index in [0.29, 0.717) is 11.5 Å². The van der Waals surface area contributed by atoms with Gasteiger partial charge in [0, 0.05) is 24.8 Å². The van der Waals surface area contributed by atoms with Gasteiger partial charge in [-0.15, -0.1) is 5.76 Å². The molecule has 1 aromatic heterocycles. The number of allylic oxidation sites excluding steroid dienone is 2. The molecule has 2 rings (SSSR count). The highest BCUT2D eigenvalue weighted by Gasteiger charge is 2.01. The van der Waals surface area contributed by atoms with E-state index in [1.165, 1.54) is 0 Å². The van der Waals surface area contributed by atoms with E-state index in [1.54, 1.807) is 6.08 Å². The van der Waals surface area contributed by atoms with E-state index in [-0.39, 0.29) is 12.3 Å². The molecule has 0 amide bonds. The van der Waals surface area contributed by atoms with Gasteiger partial charge < -0.3 is 15.7 Å². The van der Waals surface area contributed by atoms with Gasteiger partial charge in [0.15, 0.2) is 0 Å². The van der Waals surface area contributed by atoms with Crippen molar-refractivity contribution in [2.45, 2.75) is 26.7 Å². The summed E-state index contributed by atoms with van der Waals surface area (Å²) in [5.41, 5.74) is 2.48. The van der Waals surface area contributed by atoms with Gasteiger partial charge in [0.05, 0.1) is 0 Å². The molecule has 0 fully saturated rings. The lowest BCUT2D eigenvalue weighted by atomic mass is 10.1. The Balaban J connectivity index is 1.95. The number of benzene rings is 1. The van der Waals surface area contributed by atoms with Gasteiger partial charge in [-0.2, -0.15) is 4.98 Å². The summed E-state index contributed by atoms with van der Waals surface area (Å²) in [6.45, 7) is 8.99. The number of anilines is 2. The fraction of sp³-hybridized carbons (Fsp3) is 0.300. The Hall–Kier alpha value is -2.82. The van der Waals surface area contributed by atoms with Crippen LogP contribution < -0.4 is 15.7 Å². The van der Waals surface area contributed by atoms with E-state index in [1.807, 2.05) is 43.3 Å². The predicted molar refractivity (Wildman–Crippen MR) is 102 cm³/mol.